The van der Waals surface area contributed by atoms with E-state index in [0.29, 0.717) is 24.3 Å². The summed E-state index contributed by atoms with van der Waals surface area (Å²) in [5.74, 6) is 0.815. The summed E-state index contributed by atoms with van der Waals surface area (Å²) in [5, 5.41) is 13.6. The molecule has 1 aliphatic rings. The summed E-state index contributed by atoms with van der Waals surface area (Å²) >= 11 is 0. The van der Waals surface area contributed by atoms with E-state index in [9.17, 15) is 19.7 Å². The van der Waals surface area contributed by atoms with E-state index < -0.39 is 31.9 Å². The van der Waals surface area contributed by atoms with Gasteiger partial charge in [-0.05, 0) is 59.8 Å². The number of hydrogen-bond acceptors (Lipinski definition) is 8. The van der Waals surface area contributed by atoms with Crippen LogP contribution in [-0.2, 0) is 27.1 Å². The minimum Gasteiger partial charge on any atom is -0.497 e. The zero-order chi connectivity index (χ0) is 29.5. The number of rotatable bonds is 10. The van der Waals surface area contributed by atoms with Gasteiger partial charge in [0.05, 0.1) is 18.6 Å². The van der Waals surface area contributed by atoms with Crippen LogP contribution in [-0.4, -0.2) is 57.0 Å². The highest BCUT2D eigenvalue weighted by Gasteiger charge is 2.53. The molecule has 2 amide bonds. The average molecular weight is 574 g/mol. The SMILES string of the molecule is COc1ccc(COC(=O)N2C[C@@H](C(C)(C)C)C[C@@]2(CNC(=O)OCc2ccc([N+](=O)[O-])cc2)O[SiH](C)C)cc1. The highest BCUT2D eigenvalue weighted by molar-refractivity contribution is 6.48. The molecule has 0 saturated carbocycles. The second-order valence-corrected chi connectivity index (χ2v) is 13.6. The molecule has 12 heteroatoms. The molecule has 2 atom stereocenters. The fourth-order valence-electron chi connectivity index (χ4n) is 4.60. The standard InChI is InChI=1S/C28H39N3O8Si/c1-27(2,3)22-15-28(39-40(5)6,19-29-25(32)37-17-20-7-11-23(12-8-20)31(34)35)30(16-22)26(33)38-18-21-9-13-24(36-4)14-10-21/h7-14,22,40H,15-19H2,1-6H3,(H,29,32)/t22-,28-/m0/s1. The van der Waals surface area contributed by atoms with E-state index in [1.165, 1.54) is 24.3 Å². The van der Waals surface area contributed by atoms with E-state index in [1.54, 1.807) is 24.1 Å². The van der Waals surface area contributed by atoms with Gasteiger partial charge in [0, 0.05) is 25.1 Å². The van der Waals surface area contributed by atoms with Crippen molar-refractivity contribution in [2.75, 3.05) is 20.2 Å². The predicted octanol–water partition coefficient (Wildman–Crippen LogP) is 5.23. The largest absolute Gasteiger partial charge is 0.497 e. The molecule has 0 spiro atoms. The summed E-state index contributed by atoms with van der Waals surface area (Å²) < 4.78 is 22.7. The molecule has 3 rings (SSSR count). The Bertz CT molecular complexity index is 1170. The van der Waals surface area contributed by atoms with Gasteiger partial charge in [0.1, 0.15) is 19.0 Å². The third-order valence-corrected chi connectivity index (χ3v) is 7.82. The van der Waals surface area contributed by atoms with E-state index >= 15 is 0 Å². The van der Waals surface area contributed by atoms with Crippen LogP contribution in [0.4, 0.5) is 15.3 Å². The second-order valence-electron chi connectivity index (χ2n) is 11.2. The molecule has 1 fully saturated rings. The number of ether oxygens (including phenoxy) is 3. The first-order chi connectivity index (χ1) is 18.8. The van der Waals surface area contributed by atoms with Crippen molar-refractivity contribution in [2.24, 2.45) is 11.3 Å². The summed E-state index contributed by atoms with van der Waals surface area (Å²) in [7, 11) is -0.104. The first-order valence-corrected chi connectivity index (χ1v) is 16.0. The van der Waals surface area contributed by atoms with Crippen LogP contribution < -0.4 is 10.1 Å². The number of carbonyl (C=O) groups excluding carboxylic acids is 2. The van der Waals surface area contributed by atoms with Gasteiger partial charge in [0.2, 0.25) is 0 Å². The fourth-order valence-corrected chi connectivity index (χ4v) is 5.78. The first-order valence-electron chi connectivity index (χ1n) is 13.2. The highest BCUT2D eigenvalue weighted by Crippen LogP contribution is 2.43. The Balaban J connectivity index is 1.71. The number of nitro benzene ring substituents is 1. The van der Waals surface area contributed by atoms with Crippen LogP contribution in [0.25, 0.3) is 0 Å². The van der Waals surface area contributed by atoms with Crippen molar-refractivity contribution in [2.45, 2.75) is 59.2 Å². The van der Waals surface area contributed by atoms with Gasteiger partial charge in [-0.15, -0.1) is 0 Å². The molecule has 218 valence electrons. The Morgan fingerprint density at radius 2 is 1.62 bits per heavy atom. The number of likely N-dealkylation sites (tertiary alicyclic amines) is 1. The van der Waals surface area contributed by atoms with Crippen LogP contribution in [0.15, 0.2) is 48.5 Å². The Kier molecular flexibility index (Phi) is 10.1. The van der Waals surface area contributed by atoms with Gasteiger partial charge in [-0.25, -0.2) is 9.59 Å². The summed E-state index contributed by atoms with van der Waals surface area (Å²) in [6, 6.07) is 13.1. The molecule has 0 unspecified atom stereocenters. The maximum absolute atomic E-state index is 13.5. The van der Waals surface area contributed by atoms with Crippen molar-refractivity contribution in [3.63, 3.8) is 0 Å². The summed E-state index contributed by atoms with van der Waals surface area (Å²) in [6.07, 6.45) is -0.669. The van der Waals surface area contributed by atoms with Crippen LogP contribution in [0, 0.1) is 21.4 Å². The normalized spacial score (nSPS) is 18.9. The fraction of sp³-hybridized carbons (Fsp3) is 0.500. The molecule has 11 nitrogen and oxygen atoms in total. The average Bonchev–Trinajstić information content (AvgIpc) is 3.29. The van der Waals surface area contributed by atoms with E-state index in [1.807, 2.05) is 25.2 Å². The van der Waals surface area contributed by atoms with Crippen LogP contribution in [0.3, 0.4) is 0 Å². The van der Waals surface area contributed by atoms with Crippen molar-refractivity contribution in [1.82, 2.24) is 10.2 Å². The molecule has 0 aliphatic carbocycles. The zero-order valence-corrected chi connectivity index (χ0v) is 25.1. The van der Waals surface area contributed by atoms with Gasteiger partial charge in [0.25, 0.3) is 5.69 Å². The van der Waals surface area contributed by atoms with Crippen LogP contribution in [0.1, 0.15) is 38.3 Å². The number of carbonyl (C=O) groups is 2. The number of amides is 2. The molecule has 0 radical (unpaired) electrons. The lowest BCUT2D eigenvalue weighted by Crippen LogP contribution is -2.57. The Hall–Kier alpha value is -3.64. The number of nitro groups is 1. The van der Waals surface area contributed by atoms with Crippen LogP contribution in [0.2, 0.25) is 13.1 Å². The molecule has 0 aromatic heterocycles. The lowest BCUT2D eigenvalue weighted by Gasteiger charge is -2.39. The van der Waals surface area contributed by atoms with Gasteiger partial charge in [0.15, 0.2) is 14.8 Å². The lowest BCUT2D eigenvalue weighted by molar-refractivity contribution is -0.384. The molecule has 0 bridgehead atoms. The van der Waals surface area contributed by atoms with Gasteiger partial charge in [-0.1, -0.05) is 32.9 Å². The van der Waals surface area contributed by atoms with E-state index in [0.717, 1.165) is 5.56 Å². The Morgan fingerprint density at radius 1 is 1.05 bits per heavy atom. The minimum atomic E-state index is -1.69. The summed E-state index contributed by atoms with van der Waals surface area (Å²) in [5.41, 5.74) is 0.187. The number of methoxy groups -OCH3 is 1. The third kappa shape index (κ3) is 8.18. The summed E-state index contributed by atoms with van der Waals surface area (Å²) in [6.45, 7) is 10.9. The van der Waals surface area contributed by atoms with Gasteiger partial charge in [-0.2, -0.15) is 0 Å². The molecule has 1 N–H and O–H groups in total. The molecular formula is C28H39N3O8Si. The number of alkyl carbamates (subject to hydrolysis) is 1. The van der Waals surface area contributed by atoms with E-state index in [2.05, 4.69) is 26.1 Å². The maximum atomic E-state index is 13.5. The number of benzene rings is 2. The van der Waals surface area contributed by atoms with Crippen molar-refractivity contribution in [3.05, 3.63) is 69.8 Å². The predicted molar refractivity (Wildman–Crippen MR) is 151 cm³/mol. The Labute approximate surface area is 236 Å². The monoisotopic (exact) mass is 573 g/mol. The van der Waals surface area contributed by atoms with Crippen molar-refractivity contribution >= 4 is 26.9 Å². The second kappa shape index (κ2) is 13.1. The molecule has 1 heterocycles. The molecule has 1 aliphatic heterocycles. The topological polar surface area (TPSA) is 129 Å². The summed E-state index contributed by atoms with van der Waals surface area (Å²) in [4.78, 5) is 38.1. The van der Waals surface area contributed by atoms with Gasteiger partial charge >= 0.3 is 12.2 Å². The smallest absolute Gasteiger partial charge is 0.412 e. The molecule has 1 saturated heterocycles. The third-order valence-electron chi connectivity index (χ3n) is 6.91. The quantitative estimate of drug-likeness (QED) is 0.232. The molecule has 2 aromatic carbocycles. The highest BCUT2D eigenvalue weighted by atomic mass is 28.3. The number of hydrogen-bond donors (Lipinski definition) is 1. The Morgan fingerprint density at radius 3 is 2.15 bits per heavy atom. The van der Waals surface area contributed by atoms with Gasteiger partial charge < -0.3 is 24.0 Å². The van der Waals surface area contributed by atoms with Crippen LogP contribution >= 0.6 is 0 Å². The lowest BCUT2D eigenvalue weighted by atomic mass is 9.79. The number of nitrogens with one attached hydrogen (secondary N) is 1. The number of non-ortho nitro benzene ring substituents is 1. The zero-order valence-electron chi connectivity index (χ0n) is 24.0. The van der Waals surface area contributed by atoms with Crippen molar-refractivity contribution in [1.29, 1.82) is 0 Å². The first kappa shape index (κ1) is 30.9. The molecular weight excluding hydrogens is 534 g/mol. The van der Waals surface area contributed by atoms with Crippen LogP contribution in [0.5, 0.6) is 5.75 Å². The molecule has 2 aromatic rings. The minimum absolute atomic E-state index is 0.0293. The molecule has 40 heavy (non-hydrogen) atoms. The van der Waals surface area contributed by atoms with Crippen molar-refractivity contribution in [3.8, 4) is 5.75 Å². The van der Waals surface area contributed by atoms with Crippen molar-refractivity contribution < 1.29 is 33.1 Å². The van der Waals surface area contributed by atoms with E-state index in [4.69, 9.17) is 18.6 Å². The van der Waals surface area contributed by atoms with E-state index in [-0.39, 0.29) is 36.8 Å². The number of nitrogens with zero attached hydrogens (tertiary/aromatic N) is 2. The maximum Gasteiger partial charge on any atom is 0.412 e. The van der Waals surface area contributed by atoms with Gasteiger partial charge in [-0.3, -0.25) is 15.0 Å².